The van der Waals surface area contributed by atoms with Crippen LogP contribution in [0.4, 0.5) is 0 Å². The number of halogens is 2. The fourth-order valence-electron chi connectivity index (χ4n) is 1.27. The molecule has 64 valence electrons. The number of nitrogens with zero attached hydrogens (tertiary/aromatic N) is 2. The van der Waals surface area contributed by atoms with Crippen molar-refractivity contribution in [3.8, 4) is 0 Å². The molecule has 0 aliphatic carbocycles. The van der Waals surface area contributed by atoms with Gasteiger partial charge in [-0.25, -0.2) is 7.50 Å². The number of benzene rings is 1. The first-order valence-corrected chi connectivity index (χ1v) is 7.24. The third kappa shape index (κ3) is 1.46. The van der Waals surface area contributed by atoms with Gasteiger partial charge in [-0.15, -0.1) is 0 Å². The summed E-state index contributed by atoms with van der Waals surface area (Å²) in [5.41, 5.74) is 0. The summed E-state index contributed by atoms with van der Waals surface area (Å²) in [6.07, 6.45) is 0. The van der Waals surface area contributed by atoms with E-state index in [-0.39, 0.29) is 0 Å². The lowest BCUT2D eigenvalue weighted by atomic mass is 10.4. The van der Waals surface area contributed by atoms with E-state index in [1.165, 1.54) is 5.19 Å². The molecule has 0 bridgehead atoms. The van der Waals surface area contributed by atoms with Crippen LogP contribution in [0.3, 0.4) is 0 Å². The molecule has 0 atom stereocenters. The van der Waals surface area contributed by atoms with E-state index in [1.807, 2.05) is 25.7 Å². The van der Waals surface area contributed by atoms with E-state index < -0.39 is 19.0 Å². The molecule has 1 heterocycles. The van der Waals surface area contributed by atoms with Gasteiger partial charge >= 0.3 is 0 Å². The van der Waals surface area contributed by atoms with Crippen molar-refractivity contribution in [1.82, 2.24) is 7.50 Å². The Balaban J connectivity index is 2.20. The summed E-state index contributed by atoms with van der Waals surface area (Å²) in [5.74, 6) is 0. The van der Waals surface area contributed by atoms with Gasteiger partial charge in [0.05, 0.1) is 0 Å². The van der Waals surface area contributed by atoms with Gasteiger partial charge in [-0.05, 0) is 28.7 Å². The normalized spacial score (nSPS) is 27.3. The molecule has 1 saturated heterocycles. The average Bonchev–Trinajstić information content (AvgIpc) is 2.05. The molecule has 2 nitrogen and oxygen atoms in total. The second-order valence-corrected chi connectivity index (χ2v) is 10.8. The van der Waals surface area contributed by atoms with Gasteiger partial charge in [0.15, 0.2) is 9.84 Å². The first kappa shape index (κ1) is 8.74. The van der Waals surface area contributed by atoms with Crippen molar-refractivity contribution < 1.29 is 0 Å². The quantitative estimate of drug-likeness (QED) is 0.501. The van der Waals surface area contributed by atoms with Gasteiger partial charge in [0.1, 0.15) is 0 Å². The second kappa shape index (κ2) is 3.49. The maximum atomic E-state index is 5.98. The maximum Gasteiger partial charge on any atom is 0.239 e. The Kier molecular flexibility index (Phi) is 2.54. The molecular formula is C6H8Cl2N2Si2. The minimum Gasteiger partial charge on any atom is -0.238 e. The van der Waals surface area contributed by atoms with Gasteiger partial charge in [0, 0.05) is 0 Å². The molecule has 1 aliphatic heterocycles. The molecule has 0 spiro atoms. The Bertz CT molecular complexity index is 264. The molecule has 0 unspecified atom stereocenters. The predicted molar refractivity (Wildman–Crippen MR) is 57.2 cm³/mol. The smallest absolute Gasteiger partial charge is 0.238 e. The Morgan fingerprint density at radius 3 is 2.17 bits per heavy atom. The summed E-state index contributed by atoms with van der Waals surface area (Å²) in [5, 5.41) is 1.29. The van der Waals surface area contributed by atoms with Crippen molar-refractivity contribution in [2.75, 3.05) is 0 Å². The minimum atomic E-state index is -1.29. The molecular weight excluding hydrogens is 227 g/mol. The van der Waals surface area contributed by atoms with Crippen molar-refractivity contribution in [3.05, 3.63) is 30.3 Å². The molecule has 0 aromatic heterocycles. The summed E-state index contributed by atoms with van der Waals surface area (Å²) in [6.45, 7) is 0. The monoisotopic (exact) mass is 234 g/mol. The fraction of sp³-hybridized carbons (Fsp3) is 0. The highest BCUT2D eigenvalue weighted by Gasteiger charge is 2.38. The summed E-state index contributed by atoms with van der Waals surface area (Å²) in [4.78, 5) is 0. The molecule has 0 amide bonds. The van der Waals surface area contributed by atoms with Crippen LogP contribution in [0, 0.1) is 0 Å². The van der Waals surface area contributed by atoms with E-state index in [2.05, 4.69) is 12.1 Å². The third-order valence-electron chi connectivity index (χ3n) is 1.90. The zero-order valence-electron chi connectivity index (χ0n) is 6.32. The van der Waals surface area contributed by atoms with E-state index in [4.69, 9.17) is 23.6 Å². The highest BCUT2D eigenvalue weighted by Crippen LogP contribution is 2.16. The molecule has 1 aliphatic rings. The lowest BCUT2D eigenvalue weighted by Crippen LogP contribution is -2.68. The van der Waals surface area contributed by atoms with Crippen LogP contribution >= 0.6 is 23.6 Å². The summed E-state index contributed by atoms with van der Waals surface area (Å²) >= 11 is 12.0. The summed E-state index contributed by atoms with van der Waals surface area (Å²) in [6, 6.07) is 10.2. The lowest BCUT2D eigenvalue weighted by Gasteiger charge is -2.40. The SMILES string of the molecule is ClN1[SiH2]N(Cl)[SiH]1c1ccccc1. The Hall–Kier alpha value is 0.154. The number of hydrogen-bond donors (Lipinski definition) is 0. The van der Waals surface area contributed by atoms with Gasteiger partial charge in [0.2, 0.25) is 9.12 Å². The van der Waals surface area contributed by atoms with Crippen LogP contribution in [-0.4, -0.2) is 26.5 Å². The van der Waals surface area contributed by atoms with E-state index in [0.29, 0.717) is 0 Å². The second-order valence-electron chi connectivity index (χ2n) is 2.73. The zero-order chi connectivity index (χ0) is 8.55. The summed E-state index contributed by atoms with van der Waals surface area (Å²) in [7, 11) is -1.77. The van der Waals surface area contributed by atoms with Crippen LogP contribution in [0.2, 0.25) is 0 Å². The van der Waals surface area contributed by atoms with Gasteiger partial charge < -0.3 is 0 Å². The molecule has 12 heavy (non-hydrogen) atoms. The van der Waals surface area contributed by atoms with Gasteiger partial charge in [-0.3, -0.25) is 0 Å². The topological polar surface area (TPSA) is 6.48 Å². The van der Waals surface area contributed by atoms with E-state index in [1.54, 1.807) is 0 Å². The Morgan fingerprint density at radius 2 is 1.67 bits per heavy atom. The standard InChI is InChI=1S/C6H8Cl2N2Si2/c7-9-11-10(8)12(9)6-4-2-1-3-5-6/h1-5,12H,11H2. The first-order valence-electron chi connectivity index (χ1n) is 3.69. The maximum absolute atomic E-state index is 5.98. The fourth-order valence-corrected chi connectivity index (χ4v) is 9.90. The summed E-state index contributed by atoms with van der Waals surface area (Å²) < 4.78 is 3.89. The van der Waals surface area contributed by atoms with Crippen LogP contribution in [0.5, 0.6) is 0 Å². The van der Waals surface area contributed by atoms with E-state index in [0.717, 1.165) is 0 Å². The van der Waals surface area contributed by atoms with Crippen molar-refractivity contribution in [2.24, 2.45) is 0 Å². The van der Waals surface area contributed by atoms with E-state index >= 15 is 0 Å². The lowest BCUT2D eigenvalue weighted by molar-refractivity contribution is 0.801. The molecule has 1 aromatic carbocycles. The minimum absolute atomic E-state index is 0.478. The Labute approximate surface area is 85.6 Å². The molecule has 2 rings (SSSR count). The molecule has 1 aromatic rings. The average molecular weight is 235 g/mol. The molecule has 0 N–H and O–H groups in total. The van der Waals surface area contributed by atoms with Gasteiger partial charge in [-0.2, -0.15) is 0 Å². The zero-order valence-corrected chi connectivity index (χ0v) is 10.4. The first-order chi connectivity index (χ1) is 5.79. The van der Waals surface area contributed by atoms with Crippen molar-refractivity contribution in [3.63, 3.8) is 0 Å². The van der Waals surface area contributed by atoms with Crippen LogP contribution < -0.4 is 5.19 Å². The van der Waals surface area contributed by atoms with Crippen LogP contribution in [-0.2, 0) is 0 Å². The number of rotatable bonds is 1. The van der Waals surface area contributed by atoms with E-state index in [9.17, 15) is 0 Å². The highest BCUT2D eigenvalue weighted by atomic mass is 35.5. The van der Waals surface area contributed by atoms with Crippen molar-refractivity contribution in [1.29, 1.82) is 0 Å². The highest BCUT2D eigenvalue weighted by molar-refractivity contribution is 6.95. The molecule has 0 radical (unpaired) electrons. The predicted octanol–water partition coefficient (Wildman–Crippen LogP) is 0.0381. The van der Waals surface area contributed by atoms with Crippen LogP contribution in [0.15, 0.2) is 30.3 Å². The van der Waals surface area contributed by atoms with Crippen LogP contribution in [0.25, 0.3) is 0 Å². The Morgan fingerprint density at radius 1 is 1.08 bits per heavy atom. The van der Waals surface area contributed by atoms with Crippen molar-refractivity contribution >= 4 is 47.7 Å². The van der Waals surface area contributed by atoms with Crippen molar-refractivity contribution in [2.45, 2.75) is 0 Å². The molecule has 1 fully saturated rings. The van der Waals surface area contributed by atoms with Crippen LogP contribution in [0.1, 0.15) is 0 Å². The molecule has 0 saturated carbocycles. The van der Waals surface area contributed by atoms with Gasteiger partial charge in [-0.1, -0.05) is 30.3 Å². The molecule has 6 heteroatoms. The number of hydrogen-bond acceptors (Lipinski definition) is 2. The van der Waals surface area contributed by atoms with Gasteiger partial charge in [0.25, 0.3) is 0 Å². The largest absolute Gasteiger partial charge is 0.239 e. The third-order valence-corrected chi connectivity index (χ3v) is 9.29.